The van der Waals surface area contributed by atoms with Crippen molar-refractivity contribution in [2.24, 2.45) is 0 Å². The molecule has 5 heteroatoms. The van der Waals surface area contributed by atoms with E-state index in [9.17, 15) is 4.79 Å². The van der Waals surface area contributed by atoms with Crippen LogP contribution in [0.3, 0.4) is 0 Å². The molecule has 1 aromatic heterocycles. The number of thiophene rings is 1. The van der Waals surface area contributed by atoms with Crippen LogP contribution in [0.2, 0.25) is 0 Å². The van der Waals surface area contributed by atoms with Crippen molar-refractivity contribution >= 4 is 23.3 Å². The topological polar surface area (TPSA) is 58.6 Å². The summed E-state index contributed by atoms with van der Waals surface area (Å²) < 4.78 is 5.57. The van der Waals surface area contributed by atoms with E-state index in [1.807, 2.05) is 47.8 Å². The predicted octanol–water partition coefficient (Wildman–Crippen LogP) is 2.63. The van der Waals surface area contributed by atoms with Crippen LogP contribution in [0.1, 0.15) is 16.5 Å². The molecule has 0 aliphatic carbocycles. The minimum Gasteiger partial charge on any atom is -0.394 e. The van der Waals surface area contributed by atoms with E-state index in [0.29, 0.717) is 6.54 Å². The Labute approximate surface area is 134 Å². The fourth-order valence-corrected chi connectivity index (χ4v) is 2.67. The highest BCUT2D eigenvalue weighted by Gasteiger charge is 2.13. The molecule has 0 aliphatic rings. The van der Waals surface area contributed by atoms with E-state index in [4.69, 9.17) is 9.84 Å². The van der Waals surface area contributed by atoms with Crippen molar-refractivity contribution in [1.29, 1.82) is 0 Å². The molecule has 2 N–H and O–H groups in total. The second kappa shape index (κ2) is 9.15. The molecule has 2 rings (SSSR count). The Morgan fingerprint density at radius 3 is 2.77 bits per heavy atom. The quantitative estimate of drug-likeness (QED) is 0.736. The average Bonchev–Trinajstić information content (AvgIpc) is 3.08. The molecule has 0 saturated heterocycles. The molecule has 22 heavy (non-hydrogen) atoms. The summed E-state index contributed by atoms with van der Waals surface area (Å²) in [6, 6.07) is 13.5. The number of hydrogen-bond donors (Lipinski definition) is 2. The summed E-state index contributed by atoms with van der Waals surface area (Å²) in [5.41, 5.74) is 0.976. The van der Waals surface area contributed by atoms with Crippen molar-refractivity contribution in [3.63, 3.8) is 0 Å². The van der Waals surface area contributed by atoms with Gasteiger partial charge in [-0.05, 0) is 23.1 Å². The Balaban J connectivity index is 1.86. The maximum Gasteiger partial charge on any atom is 0.244 e. The number of hydrogen-bond acceptors (Lipinski definition) is 4. The molecule has 2 aromatic rings. The van der Waals surface area contributed by atoms with Gasteiger partial charge in [-0.1, -0.05) is 36.4 Å². The summed E-state index contributed by atoms with van der Waals surface area (Å²) in [6.45, 7) is 0.584. The summed E-state index contributed by atoms with van der Waals surface area (Å²) in [5.74, 6) is -0.169. The van der Waals surface area contributed by atoms with Gasteiger partial charge in [0.05, 0.1) is 13.2 Å². The molecule has 0 unspecified atom stereocenters. The summed E-state index contributed by atoms with van der Waals surface area (Å²) in [5, 5.41) is 13.7. The average molecular weight is 317 g/mol. The lowest BCUT2D eigenvalue weighted by Crippen LogP contribution is -2.28. The molecule has 4 nitrogen and oxygen atoms in total. The van der Waals surface area contributed by atoms with Crippen LogP contribution in [-0.4, -0.2) is 30.8 Å². The standard InChI is InChI=1S/C17H19NO3S/c19-10-11-21-15(16-7-4-12-22-16)13-18-17(20)9-8-14-5-2-1-3-6-14/h1-9,12,15,19H,10-11,13H2,(H,18,20)/b9-8+/t15-/m1/s1. The number of carbonyl (C=O) groups is 1. The molecule has 1 amide bonds. The van der Waals surface area contributed by atoms with Gasteiger partial charge in [0.1, 0.15) is 6.10 Å². The molecule has 1 heterocycles. The lowest BCUT2D eigenvalue weighted by molar-refractivity contribution is -0.117. The van der Waals surface area contributed by atoms with Gasteiger partial charge in [0.25, 0.3) is 0 Å². The minimum atomic E-state index is -0.235. The zero-order valence-corrected chi connectivity index (χ0v) is 13.0. The molecule has 0 spiro atoms. The van der Waals surface area contributed by atoms with Gasteiger partial charge in [0.15, 0.2) is 0 Å². The summed E-state index contributed by atoms with van der Waals surface area (Å²) in [7, 11) is 0. The zero-order chi connectivity index (χ0) is 15.6. The molecule has 0 aliphatic heterocycles. The first-order chi connectivity index (χ1) is 10.8. The van der Waals surface area contributed by atoms with Crippen LogP contribution in [0.4, 0.5) is 0 Å². The van der Waals surface area contributed by atoms with Crippen molar-refractivity contribution in [2.45, 2.75) is 6.10 Å². The van der Waals surface area contributed by atoms with Crippen LogP contribution in [-0.2, 0) is 9.53 Å². The third-order valence-corrected chi connectivity index (χ3v) is 3.92. The first-order valence-electron chi connectivity index (χ1n) is 7.06. The number of rotatable bonds is 8. The number of benzene rings is 1. The predicted molar refractivity (Wildman–Crippen MR) is 88.6 cm³/mol. The summed E-state index contributed by atoms with van der Waals surface area (Å²) in [4.78, 5) is 12.9. The molecule has 0 fully saturated rings. The molecule has 1 aromatic carbocycles. The second-order valence-electron chi connectivity index (χ2n) is 4.59. The van der Waals surface area contributed by atoms with Gasteiger partial charge in [-0.2, -0.15) is 0 Å². The SMILES string of the molecule is O=C(/C=C/c1ccccc1)NC[C@@H](OCCO)c1cccs1. The molecule has 0 radical (unpaired) electrons. The van der Waals surface area contributed by atoms with E-state index in [1.165, 1.54) is 6.08 Å². The lowest BCUT2D eigenvalue weighted by atomic mass is 10.2. The molecule has 116 valence electrons. The van der Waals surface area contributed by atoms with Gasteiger partial charge in [-0.25, -0.2) is 0 Å². The highest BCUT2D eigenvalue weighted by atomic mass is 32.1. The number of carbonyl (C=O) groups excluding carboxylic acids is 1. The van der Waals surface area contributed by atoms with Crippen molar-refractivity contribution in [2.75, 3.05) is 19.8 Å². The van der Waals surface area contributed by atoms with E-state index in [2.05, 4.69) is 5.32 Å². The van der Waals surface area contributed by atoms with Crippen LogP contribution in [0.5, 0.6) is 0 Å². The fourth-order valence-electron chi connectivity index (χ4n) is 1.90. The van der Waals surface area contributed by atoms with E-state index >= 15 is 0 Å². The van der Waals surface area contributed by atoms with E-state index in [0.717, 1.165) is 10.4 Å². The monoisotopic (exact) mass is 317 g/mol. The van der Waals surface area contributed by atoms with E-state index in [-0.39, 0.29) is 25.2 Å². The van der Waals surface area contributed by atoms with Crippen molar-refractivity contribution < 1.29 is 14.6 Å². The van der Waals surface area contributed by atoms with Gasteiger partial charge >= 0.3 is 0 Å². The van der Waals surface area contributed by atoms with Crippen LogP contribution in [0.25, 0.3) is 6.08 Å². The van der Waals surface area contributed by atoms with Crippen molar-refractivity contribution in [3.8, 4) is 0 Å². The molecule has 1 atom stereocenters. The molecule has 0 saturated carbocycles. The van der Waals surface area contributed by atoms with Gasteiger partial charge in [-0.15, -0.1) is 11.3 Å². The smallest absolute Gasteiger partial charge is 0.244 e. The highest BCUT2D eigenvalue weighted by Crippen LogP contribution is 2.21. The Morgan fingerprint density at radius 1 is 1.27 bits per heavy atom. The van der Waals surface area contributed by atoms with Crippen LogP contribution < -0.4 is 5.32 Å². The van der Waals surface area contributed by atoms with Crippen molar-refractivity contribution in [3.05, 3.63) is 64.4 Å². The normalized spacial score (nSPS) is 12.4. The summed E-state index contributed by atoms with van der Waals surface area (Å²) in [6.07, 6.45) is 3.04. The fraction of sp³-hybridized carbons (Fsp3) is 0.235. The lowest BCUT2D eigenvalue weighted by Gasteiger charge is -2.16. The molecular formula is C17H19NO3S. The van der Waals surface area contributed by atoms with Crippen LogP contribution in [0, 0.1) is 0 Å². The maximum absolute atomic E-state index is 11.9. The van der Waals surface area contributed by atoms with Gasteiger partial charge in [0, 0.05) is 17.5 Å². The first kappa shape index (κ1) is 16.4. The Morgan fingerprint density at radius 2 is 2.09 bits per heavy atom. The summed E-state index contributed by atoms with van der Waals surface area (Å²) >= 11 is 1.57. The number of amides is 1. The number of aliphatic hydroxyl groups is 1. The van der Waals surface area contributed by atoms with Crippen molar-refractivity contribution in [1.82, 2.24) is 5.32 Å². The zero-order valence-electron chi connectivity index (χ0n) is 12.1. The Bertz CT molecular complexity index is 581. The number of aliphatic hydroxyl groups excluding tert-OH is 1. The number of ether oxygens (including phenoxy) is 1. The van der Waals surface area contributed by atoms with Gasteiger partial charge < -0.3 is 15.2 Å². The second-order valence-corrected chi connectivity index (χ2v) is 5.57. The Hall–Kier alpha value is -1.95. The molecular weight excluding hydrogens is 298 g/mol. The third kappa shape index (κ3) is 5.44. The van der Waals surface area contributed by atoms with Crippen LogP contribution in [0.15, 0.2) is 53.9 Å². The highest BCUT2D eigenvalue weighted by molar-refractivity contribution is 7.10. The van der Waals surface area contributed by atoms with Gasteiger partial charge in [-0.3, -0.25) is 4.79 Å². The Kier molecular flexibility index (Phi) is 6.83. The van der Waals surface area contributed by atoms with Gasteiger partial charge in [0.2, 0.25) is 5.91 Å². The number of nitrogens with one attached hydrogen (secondary N) is 1. The van der Waals surface area contributed by atoms with E-state index in [1.54, 1.807) is 17.4 Å². The van der Waals surface area contributed by atoms with Crippen LogP contribution >= 0.6 is 11.3 Å². The largest absolute Gasteiger partial charge is 0.394 e. The first-order valence-corrected chi connectivity index (χ1v) is 7.94. The van der Waals surface area contributed by atoms with E-state index < -0.39 is 0 Å². The third-order valence-electron chi connectivity index (χ3n) is 2.96. The maximum atomic E-state index is 11.9. The molecule has 0 bridgehead atoms. The minimum absolute atomic E-state index is 0.0380.